The molecule has 0 saturated heterocycles. The van der Waals surface area contributed by atoms with Crippen molar-refractivity contribution in [3.05, 3.63) is 177 Å². The predicted octanol–water partition coefficient (Wildman–Crippen LogP) is 6.76. The van der Waals surface area contributed by atoms with Gasteiger partial charge in [-0.2, -0.15) is 8.42 Å². The van der Waals surface area contributed by atoms with Crippen LogP contribution < -0.4 is 25.3 Å². The summed E-state index contributed by atoms with van der Waals surface area (Å²) in [5, 5.41) is 12.7. The van der Waals surface area contributed by atoms with Crippen LogP contribution in [-0.4, -0.2) is 124 Å². The zero-order valence-electron chi connectivity index (χ0n) is 47.2. The molecular weight excluding hydrogens is 1070 g/mol. The van der Waals surface area contributed by atoms with Crippen molar-refractivity contribution in [2.75, 3.05) is 58.3 Å². The molecule has 7 rings (SSSR count). The number of fused-ring (bicyclic) bond motifs is 6. The van der Waals surface area contributed by atoms with Crippen LogP contribution in [0.3, 0.4) is 0 Å². The monoisotopic (exact) mass is 1140 g/mol. The van der Waals surface area contributed by atoms with Crippen molar-refractivity contribution in [3.8, 4) is 52.8 Å². The van der Waals surface area contributed by atoms with Crippen LogP contribution in [0.4, 0.5) is 0 Å². The van der Waals surface area contributed by atoms with Crippen LogP contribution in [0.15, 0.2) is 109 Å². The van der Waals surface area contributed by atoms with Gasteiger partial charge in [-0.25, -0.2) is 0 Å². The van der Waals surface area contributed by atoms with E-state index in [0.717, 1.165) is 64.5 Å². The number of nitrogens with two attached hydrogens (primary N) is 1. The molecule has 6 aromatic rings. The number of carboxylic acids is 1. The first-order valence-corrected chi connectivity index (χ1v) is 29.3. The first-order valence-electron chi connectivity index (χ1n) is 27.7. The van der Waals surface area contributed by atoms with Gasteiger partial charge in [-0.3, -0.25) is 48.6 Å². The summed E-state index contributed by atoms with van der Waals surface area (Å²) in [6.45, 7) is 9.82. The minimum Gasteiger partial charge on any atom is -0.494 e. The molecule has 3 aromatic carbocycles. The minimum atomic E-state index is -4.21. The summed E-state index contributed by atoms with van der Waals surface area (Å²) in [4.78, 5) is 58.8. The fraction of sp³-hybridized carbons (Fsp3) is 0.344. The highest BCUT2D eigenvalue weighted by atomic mass is 32.2. The normalized spacial score (nSPS) is 13.1. The summed E-state index contributed by atoms with van der Waals surface area (Å²) >= 11 is 0. The molecular formula is C64H70N8O10S. The van der Waals surface area contributed by atoms with Crippen molar-refractivity contribution in [2.45, 2.75) is 85.7 Å². The zero-order chi connectivity index (χ0) is 59.0. The number of nitrogens with one attached hydrogen (secondary N) is 1. The summed E-state index contributed by atoms with van der Waals surface area (Å²) in [5.74, 6) is 19.5. The summed E-state index contributed by atoms with van der Waals surface area (Å²) < 4.78 is 48.1. The van der Waals surface area contributed by atoms with Gasteiger partial charge in [0.25, 0.3) is 16.0 Å². The Kier molecular flexibility index (Phi) is 23.7. The fourth-order valence-corrected chi connectivity index (χ4v) is 9.04. The van der Waals surface area contributed by atoms with Gasteiger partial charge < -0.3 is 30.4 Å². The van der Waals surface area contributed by atoms with Crippen molar-refractivity contribution in [1.29, 1.82) is 0 Å². The molecule has 18 nitrogen and oxygen atoms in total. The molecule has 0 atom stereocenters. The van der Waals surface area contributed by atoms with E-state index in [1.807, 2.05) is 84.6 Å². The molecule has 0 unspecified atom stereocenters. The third-order valence-corrected chi connectivity index (χ3v) is 13.6. The average molecular weight is 1140 g/mol. The molecule has 0 saturated carbocycles. The Hall–Kier alpha value is -8.45. The second-order valence-corrected chi connectivity index (χ2v) is 21.4. The van der Waals surface area contributed by atoms with Crippen molar-refractivity contribution in [3.63, 3.8) is 0 Å². The van der Waals surface area contributed by atoms with E-state index in [1.165, 1.54) is 0 Å². The fourth-order valence-electron chi connectivity index (χ4n) is 8.68. The van der Waals surface area contributed by atoms with Gasteiger partial charge in [0.2, 0.25) is 0 Å². The highest BCUT2D eigenvalue weighted by Crippen LogP contribution is 2.21. The van der Waals surface area contributed by atoms with Crippen LogP contribution in [0.5, 0.6) is 17.2 Å². The van der Waals surface area contributed by atoms with Gasteiger partial charge in [0.1, 0.15) is 23.9 Å². The molecule has 5 N–H and O–H groups in total. The molecule has 1 amide bonds. The maximum atomic E-state index is 12.6. The Bertz CT molecular complexity index is 3490. The van der Waals surface area contributed by atoms with Crippen molar-refractivity contribution in [1.82, 2.24) is 35.0 Å². The molecule has 0 spiro atoms. The maximum absolute atomic E-state index is 12.6. The summed E-state index contributed by atoms with van der Waals surface area (Å²) in [6.07, 6.45) is 3.00. The molecule has 1 aliphatic heterocycles. The van der Waals surface area contributed by atoms with E-state index < -0.39 is 27.7 Å². The van der Waals surface area contributed by atoms with Crippen LogP contribution in [0, 0.1) is 35.5 Å². The molecule has 6 bridgehead atoms. The molecule has 83 heavy (non-hydrogen) atoms. The van der Waals surface area contributed by atoms with Crippen molar-refractivity contribution >= 4 is 27.8 Å². The van der Waals surface area contributed by atoms with E-state index in [1.54, 1.807) is 36.4 Å². The van der Waals surface area contributed by atoms with Crippen LogP contribution in [-0.2, 0) is 63.8 Å². The number of carbonyl (C=O) groups excluding carboxylic acids is 2. The summed E-state index contributed by atoms with van der Waals surface area (Å²) in [6, 6.07) is 33.5. The Balaban J connectivity index is 1.23. The molecule has 0 fully saturated rings. The number of hydrogen-bond acceptors (Lipinski definition) is 15. The van der Waals surface area contributed by atoms with Gasteiger partial charge in [-0.1, -0.05) is 62.7 Å². The molecule has 1 aliphatic rings. The molecule has 432 valence electrons. The lowest BCUT2D eigenvalue weighted by molar-refractivity contribution is -0.138. The van der Waals surface area contributed by atoms with E-state index >= 15 is 0 Å². The number of ketones is 1. The number of unbranched alkanes of at least 4 members (excludes halogenated alkanes) is 1. The number of Topliss-reactive ketones (excluding diaryl/α,β-unsaturated/α-hetero) is 1. The number of aromatic nitrogens is 3. The van der Waals surface area contributed by atoms with Gasteiger partial charge in [0, 0.05) is 85.6 Å². The van der Waals surface area contributed by atoms with Gasteiger partial charge >= 0.3 is 5.97 Å². The number of hydrogen-bond donors (Lipinski definition) is 4. The topological polar surface area (TPSA) is 240 Å². The Morgan fingerprint density at radius 1 is 0.554 bits per heavy atom. The number of benzene rings is 3. The Morgan fingerprint density at radius 3 is 1.29 bits per heavy atom. The second-order valence-electron chi connectivity index (χ2n) is 19.8. The highest BCUT2D eigenvalue weighted by molar-refractivity contribution is 7.85. The predicted molar refractivity (Wildman–Crippen MR) is 315 cm³/mol. The van der Waals surface area contributed by atoms with Gasteiger partial charge in [0.05, 0.1) is 53.1 Å². The second kappa shape index (κ2) is 31.7. The number of amides is 1. The number of pyridine rings is 3. The van der Waals surface area contributed by atoms with Crippen molar-refractivity contribution < 1.29 is 46.7 Å². The average Bonchev–Trinajstić information content (AvgIpc) is 3.47. The third kappa shape index (κ3) is 22.1. The summed E-state index contributed by atoms with van der Waals surface area (Å²) in [5.41, 5.74) is 14.3. The standard InChI is InChI=1S/C64H70N8O10S/c1-4-7-9-59(73)45-81-61-24-18-48(19-25-61)12-15-52-35-56-41-71(6-3)39-54-33-50(13-11-49-20-26-62(27-21-49)82-46-63(74)66-29-31-83(77,78)79)32-53(67-54)38-70(5-2)40-55-34-51(14-10-47-16-22-60(23-17-47)80-30-8-28-65)36-57(68-55)42-72(44-64(75)76)43-58(37-52)69-56/h16-27,32-37H,4-9,28-31,38-46,65H2,1-3H3,(H,66,74)(H,75,76)(H,77,78,79). The molecule has 19 heteroatoms. The molecule has 0 radical (unpaired) electrons. The lowest BCUT2D eigenvalue weighted by Crippen LogP contribution is -2.32. The lowest BCUT2D eigenvalue weighted by Gasteiger charge is -2.24. The minimum absolute atomic E-state index is 0.0168. The number of carbonyl (C=O) groups is 3. The van der Waals surface area contributed by atoms with E-state index in [-0.39, 0.29) is 45.2 Å². The molecule has 0 aliphatic carbocycles. The smallest absolute Gasteiger partial charge is 0.317 e. The van der Waals surface area contributed by atoms with Gasteiger partial charge in [0.15, 0.2) is 12.4 Å². The number of ether oxygens (including phenoxy) is 3. The SMILES string of the molecule is CCCCC(=O)COc1ccc(C#Cc2cc3nc(c2)CN(CC(=O)O)Cc2cc(C#Cc4ccc(OCCCN)cc4)cc(n2)CN(CC)Cc2cc(C#Cc4ccc(OCC(=O)NCCS(=O)(=O)O)cc4)cc(n2)CN(CC)C3)cc1. The van der Waals surface area contributed by atoms with Crippen LogP contribution in [0.25, 0.3) is 0 Å². The van der Waals surface area contributed by atoms with E-state index in [2.05, 4.69) is 64.5 Å². The van der Waals surface area contributed by atoms with E-state index in [4.69, 9.17) is 39.4 Å². The third-order valence-electron chi connectivity index (χ3n) is 12.9. The Morgan fingerprint density at radius 2 is 0.928 bits per heavy atom. The molecule has 3 aromatic heterocycles. The largest absolute Gasteiger partial charge is 0.494 e. The number of carboxylic acid groups (broad SMARTS) is 1. The van der Waals surface area contributed by atoms with Gasteiger partial charge in [-0.15, -0.1) is 0 Å². The lowest BCUT2D eigenvalue weighted by atomic mass is 10.1. The Labute approximate surface area is 486 Å². The quantitative estimate of drug-likeness (QED) is 0.0351. The first-order chi connectivity index (χ1) is 40.1. The summed E-state index contributed by atoms with van der Waals surface area (Å²) in [7, 11) is -4.21. The number of rotatable bonds is 20. The number of aliphatic carboxylic acids is 1. The first kappa shape index (κ1) is 62.2. The maximum Gasteiger partial charge on any atom is 0.317 e. The number of nitrogens with zero attached hydrogens (tertiary/aromatic N) is 6. The van der Waals surface area contributed by atoms with Crippen LogP contribution in [0.2, 0.25) is 0 Å². The molecule has 4 heterocycles. The highest BCUT2D eigenvalue weighted by Gasteiger charge is 2.19. The van der Waals surface area contributed by atoms with Crippen LogP contribution >= 0.6 is 0 Å². The van der Waals surface area contributed by atoms with E-state index in [0.29, 0.717) is 98.4 Å². The zero-order valence-corrected chi connectivity index (χ0v) is 48.0. The van der Waals surface area contributed by atoms with Crippen molar-refractivity contribution in [2.24, 2.45) is 5.73 Å². The van der Waals surface area contributed by atoms with Gasteiger partial charge in [-0.05, 0) is 142 Å². The van der Waals surface area contributed by atoms with Crippen LogP contribution in [0.1, 0.15) is 114 Å². The van der Waals surface area contributed by atoms with E-state index in [9.17, 15) is 27.9 Å².